The van der Waals surface area contributed by atoms with Gasteiger partial charge in [-0.2, -0.15) is 10.2 Å². The average Bonchev–Trinajstić information content (AvgIpc) is 4.26. The highest BCUT2D eigenvalue weighted by molar-refractivity contribution is 8.02. The highest BCUT2D eigenvalue weighted by Gasteiger charge is 2.18. The Labute approximate surface area is 446 Å². The number of aromatic amines is 4. The lowest BCUT2D eigenvalue weighted by Crippen LogP contribution is -2.23. The fourth-order valence-corrected chi connectivity index (χ4v) is 9.33. The first-order valence-corrected chi connectivity index (χ1v) is 25.7. The summed E-state index contributed by atoms with van der Waals surface area (Å²) in [5.41, 5.74) is 19.6. The molecule has 0 saturated heterocycles. The molecule has 0 radical (unpaired) electrons. The highest BCUT2D eigenvalue weighted by Crippen LogP contribution is 2.35. The number of thioether (sulfide) groups is 1. The molecule has 0 fully saturated rings. The Bertz CT molecular complexity index is 3850. The summed E-state index contributed by atoms with van der Waals surface area (Å²) in [6.07, 6.45) is 20.7. The van der Waals surface area contributed by atoms with Gasteiger partial charge in [0.15, 0.2) is 0 Å². The van der Waals surface area contributed by atoms with Crippen LogP contribution in [-0.4, -0.2) is 121 Å². The van der Waals surface area contributed by atoms with Crippen molar-refractivity contribution in [3.8, 4) is 39.7 Å². The molecular weight excluding hydrogens is 967 g/mol. The fraction of sp³-hybridized carbons (Fsp3) is 0.207. The van der Waals surface area contributed by atoms with Crippen LogP contribution in [-0.2, 0) is 0 Å². The molecule has 0 aliphatic heterocycles. The van der Waals surface area contributed by atoms with E-state index in [1.54, 1.807) is 18.6 Å². The third-order valence-electron chi connectivity index (χ3n) is 12.2. The van der Waals surface area contributed by atoms with E-state index >= 15 is 0 Å². The summed E-state index contributed by atoms with van der Waals surface area (Å²) in [4.78, 5) is 38.7. The molecular formula is C58H63N17S. The van der Waals surface area contributed by atoms with Crippen LogP contribution in [0.3, 0.4) is 0 Å². The summed E-state index contributed by atoms with van der Waals surface area (Å²) >= 11 is 1.81. The number of allylic oxidation sites excluding steroid dienone is 5. The number of fused-ring (bicyclic) bond motifs is 4. The number of hydrogen-bond donors (Lipinski definition) is 6. The van der Waals surface area contributed by atoms with Gasteiger partial charge in [0.2, 0.25) is 0 Å². The molecule has 17 nitrogen and oxygen atoms in total. The van der Waals surface area contributed by atoms with E-state index in [2.05, 4.69) is 129 Å². The van der Waals surface area contributed by atoms with Gasteiger partial charge in [0.25, 0.3) is 0 Å². The molecule has 0 aromatic carbocycles. The highest BCUT2D eigenvalue weighted by atomic mass is 32.2. The van der Waals surface area contributed by atoms with E-state index in [1.807, 2.05) is 138 Å². The molecule has 10 rings (SSSR count). The molecule has 10 aromatic heterocycles. The monoisotopic (exact) mass is 1030 g/mol. The normalized spacial score (nSPS) is 12.4. The van der Waals surface area contributed by atoms with Crippen molar-refractivity contribution in [3.63, 3.8) is 0 Å². The smallest absolute Gasteiger partial charge is 0.135 e. The number of nitrogens with zero attached hydrogens (tertiary/aromatic N) is 11. The second kappa shape index (κ2) is 22.8. The first kappa shape index (κ1) is 52.2. The van der Waals surface area contributed by atoms with Crippen LogP contribution in [0, 0.1) is 6.92 Å². The van der Waals surface area contributed by atoms with E-state index in [1.165, 1.54) is 5.57 Å². The number of anilines is 1. The van der Waals surface area contributed by atoms with Crippen molar-refractivity contribution in [2.24, 2.45) is 0 Å². The third kappa shape index (κ3) is 11.8. The van der Waals surface area contributed by atoms with Crippen molar-refractivity contribution in [3.05, 3.63) is 170 Å². The summed E-state index contributed by atoms with van der Waals surface area (Å²) in [5, 5.41) is 27.0. The van der Waals surface area contributed by atoms with Crippen molar-refractivity contribution in [1.29, 1.82) is 0 Å². The summed E-state index contributed by atoms with van der Waals surface area (Å²) < 4.78 is 1.97. The summed E-state index contributed by atoms with van der Waals surface area (Å²) in [7, 11) is 8.04. The van der Waals surface area contributed by atoms with Crippen molar-refractivity contribution < 1.29 is 0 Å². The summed E-state index contributed by atoms with van der Waals surface area (Å²) in [6, 6.07) is 14.2. The standard InChI is InChI=1S/C31H37N7S.C27H26N10/c1-9-22(13-23(10-2)33-21(6)17-38(7)8)26-11-12-27-30(35-26)31(37-36-27)28-14-24-25(15-32-16-29(24)34-28)20(5)18-39-19(3)4;1-16-14-37(15-30-16)25-12-29-11-24-20(25)8-23(32-24)27-26-22(34-35-27)6-5-21(33-26)18-7-19(10-28-9-18)31-17(2)13-36(3)4/h9-16,18-19,33-34H,2,6,17H2,1,3-5,7-8H3,(H,36,37);5-12,14-15,31-32H,2,13H2,1,3-4H3,(H,34,35)/b20-18+,22-9+,23-13+;. The predicted molar refractivity (Wildman–Crippen MR) is 313 cm³/mol. The first-order chi connectivity index (χ1) is 36.6. The molecule has 0 unspecified atom stereocenters. The maximum atomic E-state index is 5.02. The number of aromatic nitrogens is 13. The Morgan fingerprint density at radius 2 is 1.42 bits per heavy atom. The Morgan fingerprint density at radius 1 is 0.776 bits per heavy atom. The van der Waals surface area contributed by atoms with Crippen LogP contribution < -0.4 is 10.6 Å². The number of pyridine rings is 5. The molecule has 386 valence electrons. The maximum Gasteiger partial charge on any atom is 0.135 e. The minimum atomic E-state index is 0.525. The third-order valence-corrected chi connectivity index (χ3v) is 13.2. The van der Waals surface area contributed by atoms with Crippen molar-refractivity contribution in [2.45, 2.75) is 39.9 Å². The molecule has 0 atom stereocenters. The van der Waals surface area contributed by atoms with E-state index in [4.69, 9.17) is 9.97 Å². The Hall–Kier alpha value is -8.71. The number of H-pyrrole nitrogens is 4. The lowest BCUT2D eigenvalue weighted by Gasteiger charge is -2.15. The van der Waals surface area contributed by atoms with Gasteiger partial charge in [-0.15, -0.1) is 11.8 Å². The molecule has 0 spiro atoms. The maximum absolute atomic E-state index is 5.02. The van der Waals surface area contributed by atoms with Gasteiger partial charge in [-0.1, -0.05) is 39.7 Å². The van der Waals surface area contributed by atoms with Crippen molar-refractivity contribution in [1.82, 2.24) is 80.0 Å². The van der Waals surface area contributed by atoms with E-state index in [0.29, 0.717) is 5.25 Å². The lowest BCUT2D eigenvalue weighted by molar-refractivity contribution is 0.438. The number of hydrogen-bond acceptors (Lipinski definition) is 13. The zero-order chi connectivity index (χ0) is 53.6. The molecule has 0 bridgehead atoms. The topological polar surface area (TPSA) is 202 Å². The van der Waals surface area contributed by atoms with Crippen LogP contribution in [0.4, 0.5) is 5.69 Å². The molecule has 0 amide bonds. The van der Waals surface area contributed by atoms with Crippen LogP contribution in [0.5, 0.6) is 0 Å². The minimum absolute atomic E-state index is 0.525. The Balaban J connectivity index is 0.000000186. The van der Waals surface area contributed by atoms with Crippen LogP contribution in [0.15, 0.2) is 153 Å². The molecule has 18 heteroatoms. The number of imidazole rings is 1. The van der Waals surface area contributed by atoms with Gasteiger partial charge in [-0.25, -0.2) is 15.0 Å². The zero-order valence-electron chi connectivity index (χ0n) is 44.4. The number of aryl methyl sites for hydroxylation is 1. The predicted octanol–water partition coefficient (Wildman–Crippen LogP) is 11.7. The van der Waals surface area contributed by atoms with Gasteiger partial charge in [0.1, 0.15) is 22.4 Å². The first-order valence-electron chi connectivity index (χ1n) is 24.8. The van der Waals surface area contributed by atoms with Gasteiger partial charge in [-0.3, -0.25) is 25.1 Å². The summed E-state index contributed by atoms with van der Waals surface area (Å²) in [5.74, 6) is 0. The average molecular weight is 1030 g/mol. The SMILES string of the molecule is C=C(CN(C)C)Nc1cncc(-c2ccc3[nH]nc(-c4cc5c(-n6cnc(C)c6)cncc5[nH]4)c3n2)c1.C=C/C(=C\C(=C/C)c1ccc2[nH]nc(-c3cc4c(/C(C)=C/SC(C)C)cncc4[nH]3)c2n1)NC(=C)CN(C)C. The van der Waals surface area contributed by atoms with E-state index < -0.39 is 0 Å². The second-order valence-electron chi connectivity index (χ2n) is 19.3. The molecule has 0 aliphatic carbocycles. The molecule has 76 heavy (non-hydrogen) atoms. The lowest BCUT2D eigenvalue weighted by atomic mass is 10.1. The van der Waals surface area contributed by atoms with Crippen LogP contribution in [0.25, 0.3) is 94.7 Å². The van der Waals surface area contributed by atoms with Crippen molar-refractivity contribution in [2.75, 3.05) is 46.6 Å². The van der Waals surface area contributed by atoms with Gasteiger partial charge >= 0.3 is 0 Å². The summed E-state index contributed by atoms with van der Waals surface area (Å²) in [6.45, 7) is 24.1. The second-order valence-corrected chi connectivity index (χ2v) is 20.8. The van der Waals surface area contributed by atoms with Crippen LogP contribution in [0.2, 0.25) is 0 Å². The molecule has 0 saturated carbocycles. The number of likely N-dealkylation sites (N-methyl/N-ethyl adjacent to an activating group) is 2. The van der Waals surface area contributed by atoms with Gasteiger partial charge < -0.3 is 35.0 Å². The van der Waals surface area contributed by atoms with Crippen LogP contribution >= 0.6 is 11.8 Å². The zero-order valence-corrected chi connectivity index (χ0v) is 45.2. The fourth-order valence-electron chi connectivity index (χ4n) is 8.73. The van der Waals surface area contributed by atoms with Crippen molar-refractivity contribution >= 4 is 72.5 Å². The van der Waals surface area contributed by atoms with E-state index in [-0.39, 0.29) is 0 Å². The van der Waals surface area contributed by atoms with Gasteiger partial charge in [-0.05, 0) is 120 Å². The molecule has 10 aromatic rings. The molecule has 0 aliphatic rings. The molecule has 6 N–H and O–H groups in total. The quantitative estimate of drug-likeness (QED) is 0.0444. The Kier molecular flexibility index (Phi) is 15.7. The number of nitrogens with one attached hydrogen (secondary N) is 6. The van der Waals surface area contributed by atoms with E-state index in [9.17, 15) is 0 Å². The number of rotatable bonds is 18. The largest absolute Gasteiger partial charge is 0.358 e. The van der Waals surface area contributed by atoms with Gasteiger partial charge in [0, 0.05) is 75.9 Å². The Morgan fingerprint density at radius 3 is 2.08 bits per heavy atom. The van der Waals surface area contributed by atoms with E-state index in [0.717, 1.165) is 142 Å². The minimum Gasteiger partial charge on any atom is -0.358 e. The molecule has 10 heterocycles. The van der Waals surface area contributed by atoms with Crippen LogP contribution in [0.1, 0.15) is 44.6 Å². The van der Waals surface area contributed by atoms with Gasteiger partial charge in [0.05, 0.1) is 93.0 Å².